The zero-order valence-electron chi connectivity index (χ0n) is 13.7. The average molecular weight is 351 g/mol. The number of alkyl halides is 3. The summed E-state index contributed by atoms with van der Waals surface area (Å²) < 4.78 is 43.9. The third-order valence-electron chi connectivity index (χ3n) is 4.59. The van der Waals surface area contributed by atoms with Crippen molar-refractivity contribution in [3.63, 3.8) is 0 Å². The Bertz CT molecular complexity index is 745. The van der Waals surface area contributed by atoms with Gasteiger partial charge in [0.1, 0.15) is 5.75 Å². The number of hydrogen-bond donors (Lipinski definition) is 1. The smallest absolute Gasteiger partial charge is 0.391 e. The third kappa shape index (κ3) is 4.65. The Hall–Kier alpha value is -2.24. The molecular weight excluding hydrogens is 331 g/mol. The van der Waals surface area contributed by atoms with Gasteiger partial charge < -0.3 is 10.1 Å². The highest BCUT2D eigenvalue weighted by Gasteiger charge is 2.42. The maximum Gasteiger partial charge on any atom is 0.391 e. The minimum absolute atomic E-state index is 0.0504. The van der Waals surface area contributed by atoms with Gasteiger partial charge in [0.25, 0.3) is 5.91 Å². The lowest BCUT2D eigenvalue weighted by Crippen LogP contribution is -2.43. The molecule has 0 saturated heterocycles. The van der Waals surface area contributed by atoms with Crippen LogP contribution in [0.1, 0.15) is 25.7 Å². The molecule has 1 fully saturated rings. The van der Waals surface area contributed by atoms with Gasteiger partial charge in [0.05, 0.1) is 5.92 Å². The van der Waals surface area contributed by atoms with Gasteiger partial charge in [-0.25, -0.2) is 0 Å². The number of amides is 1. The largest absolute Gasteiger partial charge is 0.484 e. The fraction of sp³-hybridized carbons (Fsp3) is 0.421. The molecule has 0 unspecified atom stereocenters. The second kappa shape index (κ2) is 7.33. The van der Waals surface area contributed by atoms with Gasteiger partial charge >= 0.3 is 6.18 Å². The van der Waals surface area contributed by atoms with E-state index in [4.69, 9.17) is 4.74 Å². The van der Waals surface area contributed by atoms with Crippen molar-refractivity contribution in [1.29, 1.82) is 0 Å². The van der Waals surface area contributed by atoms with Gasteiger partial charge in [-0.3, -0.25) is 4.79 Å². The monoisotopic (exact) mass is 351 g/mol. The zero-order valence-corrected chi connectivity index (χ0v) is 13.7. The van der Waals surface area contributed by atoms with Crippen LogP contribution in [0, 0.1) is 5.92 Å². The Morgan fingerprint density at radius 1 is 1.12 bits per heavy atom. The summed E-state index contributed by atoms with van der Waals surface area (Å²) in [5.41, 5.74) is 0. The summed E-state index contributed by atoms with van der Waals surface area (Å²) in [5, 5.41) is 4.73. The molecule has 2 aromatic carbocycles. The van der Waals surface area contributed by atoms with Crippen LogP contribution in [0.3, 0.4) is 0 Å². The molecule has 134 valence electrons. The average Bonchev–Trinajstić information content (AvgIpc) is 2.59. The molecule has 1 aliphatic rings. The van der Waals surface area contributed by atoms with Crippen molar-refractivity contribution >= 4 is 16.7 Å². The normalized spacial score (nSPS) is 21.1. The van der Waals surface area contributed by atoms with Crippen LogP contribution in [0.2, 0.25) is 0 Å². The number of benzene rings is 2. The summed E-state index contributed by atoms with van der Waals surface area (Å²) in [6, 6.07) is 12.9. The molecule has 1 amide bonds. The molecule has 0 radical (unpaired) electrons. The van der Waals surface area contributed by atoms with Crippen LogP contribution in [0.4, 0.5) is 13.2 Å². The minimum Gasteiger partial charge on any atom is -0.484 e. The highest BCUT2D eigenvalue weighted by atomic mass is 19.4. The zero-order chi connectivity index (χ0) is 17.9. The molecule has 1 saturated carbocycles. The van der Waals surface area contributed by atoms with Gasteiger partial charge in [-0.1, -0.05) is 36.8 Å². The minimum atomic E-state index is -4.19. The van der Waals surface area contributed by atoms with E-state index in [1.165, 1.54) is 0 Å². The molecule has 25 heavy (non-hydrogen) atoms. The van der Waals surface area contributed by atoms with E-state index in [0.29, 0.717) is 18.6 Å². The fourth-order valence-corrected chi connectivity index (χ4v) is 3.29. The quantitative estimate of drug-likeness (QED) is 0.883. The second-order valence-electron chi connectivity index (χ2n) is 6.47. The van der Waals surface area contributed by atoms with Crippen LogP contribution in [0.25, 0.3) is 10.8 Å². The van der Waals surface area contributed by atoms with Gasteiger partial charge in [0, 0.05) is 6.04 Å². The van der Waals surface area contributed by atoms with E-state index in [1.54, 1.807) is 6.07 Å². The SMILES string of the molecule is O=C(COc1ccc2ccccc2c1)N[C@@H]1CCC[C@@H](C(F)(F)F)C1. The number of hydrogen-bond acceptors (Lipinski definition) is 2. The molecule has 3 rings (SSSR count). The predicted octanol–water partition coefficient (Wildman–Crippen LogP) is 4.46. The second-order valence-corrected chi connectivity index (χ2v) is 6.47. The molecule has 6 heteroatoms. The number of rotatable bonds is 4. The molecule has 2 atom stereocenters. The van der Waals surface area contributed by atoms with Crippen molar-refractivity contribution in [2.45, 2.75) is 37.9 Å². The van der Waals surface area contributed by atoms with E-state index in [0.717, 1.165) is 10.8 Å². The molecule has 0 aromatic heterocycles. The van der Waals surface area contributed by atoms with Gasteiger partial charge in [-0.15, -0.1) is 0 Å². The van der Waals surface area contributed by atoms with E-state index < -0.39 is 18.1 Å². The number of halogens is 3. The molecule has 0 spiro atoms. The number of fused-ring (bicyclic) bond motifs is 1. The van der Waals surface area contributed by atoms with Crippen LogP contribution in [0.5, 0.6) is 5.75 Å². The van der Waals surface area contributed by atoms with Gasteiger partial charge in [-0.05, 0) is 42.2 Å². The number of carbonyl (C=O) groups is 1. The van der Waals surface area contributed by atoms with E-state index in [-0.39, 0.29) is 25.4 Å². The summed E-state index contributed by atoms with van der Waals surface area (Å²) in [6.45, 7) is -0.203. The molecule has 3 nitrogen and oxygen atoms in total. The van der Waals surface area contributed by atoms with E-state index >= 15 is 0 Å². The molecular formula is C19H20F3NO2. The molecule has 1 aliphatic carbocycles. The fourth-order valence-electron chi connectivity index (χ4n) is 3.29. The van der Waals surface area contributed by atoms with Gasteiger partial charge in [-0.2, -0.15) is 13.2 Å². The third-order valence-corrected chi connectivity index (χ3v) is 4.59. The number of carbonyl (C=O) groups excluding carboxylic acids is 1. The molecule has 0 heterocycles. The Morgan fingerprint density at radius 2 is 1.88 bits per heavy atom. The van der Waals surface area contributed by atoms with Crippen molar-refractivity contribution in [2.75, 3.05) is 6.61 Å². The Balaban J connectivity index is 1.52. The maximum atomic E-state index is 12.8. The van der Waals surface area contributed by atoms with Crippen LogP contribution in [-0.4, -0.2) is 24.7 Å². The molecule has 1 N–H and O–H groups in total. The highest BCUT2D eigenvalue weighted by molar-refractivity contribution is 5.84. The predicted molar refractivity (Wildman–Crippen MR) is 89.4 cm³/mol. The van der Waals surface area contributed by atoms with Gasteiger partial charge in [0.2, 0.25) is 0 Å². The molecule has 0 aliphatic heterocycles. The number of ether oxygens (including phenoxy) is 1. The first-order chi connectivity index (χ1) is 11.9. The van der Waals surface area contributed by atoms with E-state index in [9.17, 15) is 18.0 Å². The summed E-state index contributed by atoms with van der Waals surface area (Å²) in [7, 11) is 0. The van der Waals surface area contributed by atoms with Crippen LogP contribution < -0.4 is 10.1 Å². The lowest BCUT2D eigenvalue weighted by atomic mass is 9.85. The lowest BCUT2D eigenvalue weighted by molar-refractivity contribution is -0.184. The summed E-state index contributed by atoms with van der Waals surface area (Å²) in [5.74, 6) is -1.15. The Labute approximate surface area is 144 Å². The van der Waals surface area contributed by atoms with Crippen LogP contribution in [-0.2, 0) is 4.79 Å². The standard InChI is InChI=1S/C19H20F3NO2/c20-19(21,22)15-6-3-7-16(11-15)23-18(24)12-25-17-9-8-13-4-1-2-5-14(13)10-17/h1-2,4-5,8-10,15-16H,3,6-7,11-12H2,(H,23,24)/t15-,16-/m1/s1. The van der Waals surface area contributed by atoms with Crippen molar-refractivity contribution < 1.29 is 22.7 Å². The van der Waals surface area contributed by atoms with Crippen LogP contribution >= 0.6 is 0 Å². The maximum absolute atomic E-state index is 12.8. The topological polar surface area (TPSA) is 38.3 Å². The van der Waals surface area contributed by atoms with Crippen molar-refractivity contribution in [3.05, 3.63) is 42.5 Å². The highest BCUT2D eigenvalue weighted by Crippen LogP contribution is 2.37. The van der Waals surface area contributed by atoms with E-state index in [1.807, 2.05) is 36.4 Å². The first-order valence-corrected chi connectivity index (χ1v) is 8.39. The van der Waals surface area contributed by atoms with Crippen LogP contribution in [0.15, 0.2) is 42.5 Å². The van der Waals surface area contributed by atoms with E-state index in [2.05, 4.69) is 5.32 Å². The van der Waals surface area contributed by atoms with Gasteiger partial charge in [0.15, 0.2) is 6.61 Å². The molecule has 2 aromatic rings. The summed E-state index contributed by atoms with van der Waals surface area (Å²) in [4.78, 5) is 12.0. The van der Waals surface area contributed by atoms with Crippen molar-refractivity contribution in [3.8, 4) is 5.75 Å². The summed E-state index contributed by atoms with van der Waals surface area (Å²) in [6.07, 6.45) is -3.05. The first-order valence-electron chi connectivity index (χ1n) is 8.39. The first kappa shape index (κ1) is 17.6. The van der Waals surface area contributed by atoms with Crippen molar-refractivity contribution in [2.24, 2.45) is 5.92 Å². The Kier molecular flexibility index (Phi) is 5.16. The Morgan fingerprint density at radius 3 is 2.64 bits per heavy atom. The molecule has 0 bridgehead atoms. The summed E-state index contributed by atoms with van der Waals surface area (Å²) >= 11 is 0. The number of nitrogens with one attached hydrogen (secondary N) is 1. The lowest BCUT2D eigenvalue weighted by Gasteiger charge is -2.31. The van der Waals surface area contributed by atoms with Crippen molar-refractivity contribution in [1.82, 2.24) is 5.32 Å².